The minimum atomic E-state index is -0.0158. The van der Waals surface area contributed by atoms with Gasteiger partial charge in [0.15, 0.2) is 0 Å². The molecule has 0 bridgehead atoms. The molecule has 1 heterocycles. The third kappa shape index (κ3) is 3.42. The molecule has 0 aliphatic rings. The molecule has 0 radical (unpaired) electrons. The summed E-state index contributed by atoms with van der Waals surface area (Å²) in [5.41, 5.74) is 2.98. The molecule has 3 nitrogen and oxygen atoms in total. The maximum absolute atomic E-state index is 12.2. The van der Waals surface area contributed by atoms with Crippen LogP contribution in [-0.2, 0) is 6.54 Å². The van der Waals surface area contributed by atoms with E-state index >= 15 is 0 Å². The summed E-state index contributed by atoms with van der Waals surface area (Å²) < 4.78 is 7.90. The van der Waals surface area contributed by atoms with Crippen LogP contribution in [0.5, 0.6) is 5.75 Å². The summed E-state index contributed by atoms with van der Waals surface area (Å²) in [4.78, 5) is 12.2. The molecular formula is C18H18BrNO2. The molecule has 0 saturated heterocycles. The molecule has 0 spiro atoms. The molecule has 1 aromatic heterocycles. The molecule has 0 saturated carbocycles. The molecule has 1 aromatic carbocycles. The first-order chi connectivity index (χ1) is 10.6. The minimum absolute atomic E-state index is 0.0158. The zero-order chi connectivity index (χ0) is 16.1. The first-order valence-corrected chi connectivity index (χ1v) is 7.90. The molecule has 22 heavy (non-hydrogen) atoms. The Balaban J connectivity index is 2.43. The smallest absolute Gasteiger partial charge is 0.265 e. The number of aryl methyl sites for hydroxylation is 1. The number of hydrogen-bond acceptors (Lipinski definition) is 2. The lowest BCUT2D eigenvalue weighted by Gasteiger charge is -2.14. The monoisotopic (exact) mass is 359 g/mol. The molecule has 0 unspecified atom stereocenters. The highest BCUT2D eigenvalue weighted by molar-refractivity contribution is 9.10. The number of hydrogen-bond donors (Lipinski definition) is 0. The molecule has 0 aliphatic carbocycles. The van der Waals surface area contributed by atoms with E-state index in [-0.39, 0.29) is 5.56 Å². The summed E-state index contributed by atoms with van der Waals surface area (Å²) >= 11 is 3.29. The highest BCUT2D eigenvalue weighted by atomic mass is 79.9. The van der Waals surface area contributed by atoms with Crippen LogP contribution in [0, 0.1) is 18.8 Å². The Morgan fingerprint density at radius 2 is 2.05 bits per heavy atom. The van der Waals surface area contributed by atoms with Gasteiger partial charge in [0, 0.05) is 12.1 Å². The topological polar surface area (TPSA) is 31.2 Å². The van der Waals surface area contributed by atoms with Gasteiger partial charge in [0.25, 0.3) is 5.56 Å². The van der Waals surface area contributed by atoms with Crippen LogP contribution in [0.3, 0.4) is 0 Å². The van der Waals surface area contributed by atoms with Gasteiger partial charge in [-0.1, -0.05) is 5.92 Å². The van der Waals surface area contributed by atoms with Crippen molar-refractivity contribution in [2.45, 2.75) is 27.3 Å². The van der Waals surface area contributed by atoms with Crippen molar-refractivity contribution in [3.63, 3.8) is 0 Å². The lowest BCUT2D eigenvalue weighted by atomic mass is 10.0. The van der Waals surface area contributed by atoms with Crippen molar-refractivity contribution < 1.29 is 4.74 Å². The summed E-state index contributed by atoms with van der Waals surface area (Å²) in [7, 11) is 0. The number of ether oxygens (including phenoxy) is 1. The average molecular weight is 360 g/mol. The van der Waals surface area contributed by atoms with E-state index in [1.165, 1.54) is 0 Å². The lowest BCUT2D eigenvalue weighted by Crippen LogP contribution is -2.21. The summed E-state index contributed by atoms with van der Waals surface area (Å²) in [5.74, 6) is 6.45. The van der Waals surface area contributed by atoms with Crippen molar-refractivity contribution in [1.29, 1.82) is 0 Å². The van der Waals surface area contributed by atoms with Gasteiger partial charge in [-0.25, -0.2) is 0 Å². The predicted molar refractivity (Wildman–Crippen MR) is 93.2 cm³/mol. The molecule has 0 atom stereocenters. The molecule has 2 rings (SSSR count). The standard InChI is InChI=1S/C18H18BrNO2/c1-4-6-11-22-14-7-8-15(13(3)12-14)17-10-9-16(19)18(21)20(17)5-2/h7-10,12H,5,11H2,1-3H3. The summed E-state index contributed by atoms with van der Waals surface area (Å²) in [6.45, 7) is 6.77. The van der Waals surface area contributed by atoms with Crippen molar-refractivity contribution in [3.05, 3.63) is 50.7 Å². The molecule has 2 aromatic rings. The molecule has 0 amide bonds. The van der Waals surface area contributed by atoms with E-state index in [1.807, 2.05) is 38.1 Å². The maximum Gasteiger partial charge on any atom is 0.265 e. The van der Waals surface area contributed by atoms with Crippen LogP contribution < -0.4 is 10.3 Å². The highest BCUT2D eigenvalue weighted by Gasteiger charge is 2.10. The molecule has 114 valence electrons. The summed E-state index contributed by atoms with van der Waals surface area (Å²) in [6.07, 6.45) is 0. The molecule has 4 heteroatoms. The van der Waals surface area contributed by atoms with Gasteiger partial charge in [0.1, 0.15) is 12.4 Å². The van der Waals surface area contributed by atoms with Crippen LogP contribution in [0.15, 0.2) is 39.6 Å². The number of halogens is 1. The number of rotatable bonds is 4. The fourth-order valence-corrected chi connectivity index (χ4v) is 2.65. The van der Waals surface area contributed by atoms with Crippen molar-refractivity contribution in [3.8, 4) is 28.8 Å². The van der Waals surface area contributed by atoms with Gasteiger partial charge in [-0.05, 0) is 72.6 Å². The Hall–Kier alpha value is -1.99. The van der Waals surface area contributed by atoms with E-state index in [1.54, 1.807) is 17.6 Å². The predicted octanol–water partition coefficient (Wildman–Crippen LogP) is 4.01. The van der Waals surface area contributed by atoms with Crippen LogP contribution in [0.1, 0.15) is 19.4 Å². The van der Waals surface area contributed by atoms with E-state index in [4.69, 9.17) is 4.74 Å². The van der Waals surface area contributed by atoms with Crippen LogP contribution in [-0.4, -0.2) is 11.2 Å². The first-order valence-electron chi connectivity index (χ1n) is 7.11. The Morgan fingerprint density at radius 3 is 2.68 bits per heavy atom. The van der Waals surface area contributed by atoms with Crippen LogP contribution in [0.4, 0.5) is 0 Å². The number of aromatic nitrogens is 1. The largest absolute Gasteiger partial charge is 0.481 e. The van der Waals surface area contributed by atoms with Crippen LogP contribution >= 0.6 is 15.9 Å². The lowest BCUT2D eigenvalue weighted by molar-refractivity contribution is 0.370. The van der Waals surface area contributed by atoms with Crippen molar-refractivity contribution in [2.75, 3.05) is 6.61 Å². The summed E-state index contributed by atoms with van der Waals surface area (Å²) in [6, 6.07) is 9.62. The Bertz CT molecular complexity index is 797. The van der Waals surface area contributed by atoms with E-state index in [2.05, 4.69) is 27.8 Å². The van der Waals surface area contributed by atoms with Gasteiger partial charge in [-0.3, -0.25) is 4.79 Å². The Kier molecular flexibility index (Phi) is 5.46. The second kappa shape index (κ2) is 7.33. The third-order valence-electron chi connectivity index (χ3n) is 3.41. The Labute approximate surface area is 139 Å². The normalized spacial score (nSPS) is 10.0. The molecule has 0 fully saturated rings. The minimum Gasteiger partial charge on any atom is -0.481 e. The molecular weight excluding hydrogens is 342 g/mol. The van der Waals surface area contributed by atoms with Gasteiger partial charge >= 0.3 is 0 Å². The second-order valence-corrected chi connectivity index (χ2v) is 5.66. The van der Waals surface area contributed by atoms with Gasteiger partial charge in [0.2, 0.25) is 0 Å². The van der Waals surface area contributed by atoms with Crippen molar-refractivity contribution in [2.24, 2.45) is 0 Å². The number of nitrogens with zero attached hydrogens (tertiary/aromatic N) is 1. The fourth-order valence-electron chi connectivity index (χ4n) is 2.31. The van der Waals surface area contributed by atoms with E-state index in [0.717, 1.165) is 22.6 Å². The molecule has 0 N–H and O–H groups in total. The quantitative estimate of drug-likeness (QED) is 0.772. The summed E-state index contributed by atoms with van der Waals surface area (Å²) in [5, 5.41) is 0. The fraction of sp³-hybridized carbons (Fsp3) is 0.278. The van der Waals surface area contributed by atoms with Crippen LogP contribution in [0.2, 0.25) is 0 Å². The Morgan fingerprint density at radius 1 is 1.27 bits per heavy atom. The van der Waals surface area contributed by atoms with E-state index < -0.39 is 0 Å². The van der Waals surface area contributed by atoms with Gasteiger partial charge < -0.3 is 9.30 Å². The van der Waals surface area contributed by atoms with E-state index in [9.17, 15) is 4.79 Å². The first kappa shape index (κ1) is 16.4. The number of benzene rings is 1. The maximum atomic E-state index is 12.2. The zero-order valence-corrected chi connectivity index (χ0v) is 14.5. The SMILES string of the molecule is CC#CCOc1ccc(-c2ccc(Br)c(=O)n2CC)c(C)c1. The average Bonchev–Trinajstić information content (AvgIpc) is 2.51. The zero-order valence-electron chi connectivity index (χ0n) is 12.9. The van der Waals surface area contributed by atoms with Crippen molar-refractivity contribution in [1.82, 2.24) is 4.57 Å². The van der Waals surface area contributed by atoms with Crippen molar-refractivity contribution >= 4 is 15.9 Å². The molecule has 0 aliphatic heterocycles. The highest BCUT2D eigenvalue weighted by Crippen LogP contribution is 2.27. The second-order valence-electron chi connectivity index (χ2n) is 4.81. The van der Waals surface area contributed by atoms with Crippen LogP contribution in [0.25, 0.3) is 11.3 Å². The van der Waals surface area contributed by atoms with Gasteiger partial charge in [0.05, 0.1) is 10.2 Å². The van der Waals surface area contributed by atoms with Gasteiger partial charge in [-0.15, -0.1) is 5.92 Å². The third-order valence-corrected chi connectivity index (χ3v) is 4.01. The van der Waals surface area contributed by atoms with E-state index in [0.29, 0.717) is 17.6 Å². The van der Waals surface area contributed by atoms with Gasteiger partial charge in [-0.2, -0.15) is 0 Å². The number of pyridine rings is 1.